The molecule has 0 amide bonds. The monoisotopic (exact) mass is 195 g/mol. The van der Waals surface area contributed by atoms with Gasteiger partial charge in [-0.1, -0.05) is 30.4 Å². The number of hydrogen-bond acceptors (Lipinski definition) is 2. The Balaban J connectivity index is 2.31. The first-order valence-electron chi connectivity index (χ1n) is 4.51. The topological polar surface area (TPSA) is 35.2 Å². The first-order chi connectivity index (χ1) is 6.84. The molecule has 0 aliphatic rings. The Morgan fingerprint density at radius 3 is 2.79 bits per heavy atom. The van der Waals surface area contributed by atoms with Gasteiger partial charge >= 0.3 is 0 Å². The van der Waals surface area contributed by atoms with E-state index in [2.05, 4.69) is 0 Å². The minimum absolute atomic E-state index is 0.227. The van der Waals surface area contributed by atoms with Crippen molar-refractivity contribution >= 4 is 0 Å². The van der Waals surface area contributed by atoms with Crippen LogP contribution in [0.1, 0.15) is 5.56 Å². The lowest BCUT2D eigenvalue weighted by Crippen LogP contribution is -1.97. The number of benzene rings is 1. The van der Waals surface area contributed by atoms with Crippen molar-refractivity contribution in [2.75, 3.05) is 13.2 Å². The highest BCUT2D eigenvalue weighted by Gasteiger charge is 1.98. The lowest BCUT2D eigenvalue weighted by Gasteiger charge is -2.02. The van der Waals surface area contributed by atoms with Crippen molar-refractivity contribution in [2.24, 2.45) is 5.73 Å². The third kappa shape index (κ3) is 3.68. The molecule has 0 aromatic heterocycles. The summed E-state index contributed by atoms with van der Waals surface area (Å²) in [7, 11) is 0. The van der Waals surface area contributed by atoms with Gasteiger partial charge in [-0.3, -0.25) is 0 Å². The van der Waals surface area contributed by atoms with Gasteiger partial charge in [0.25, 0.3) is 0 Å². The van der Waals surface area contributed by atoms with E-state index in [9.17, 15) is 4.39 Å². The van der Waals surface area contributed by atoms with Crippen LogP contribution in [0.2, 0.25) is 0 Å². The average Bonchev–Trinajstić information content (AvgIpc) is 2.20. The van der Waals surface area contributed by atoms with Gasteiger partial charge in [0, 0.05) is 12.1 Å². The molecule has 0 saturated carbocycles. The molecule has 0 heterocycles. The lowest BCUT2D eigenvalue weighted by molar-refractivity contribution is 0.146. The summed E-state index contributed by atoms with van der Waals surface area (Å²) in [6, 6.07) is 6.58. The molecule has 2 N–H and O–H groups in total. The third-order valence-electron chi connectivity index (χ3n) is 1.73. The highest BCUT2D eigenvalue weighted by Crippen LogP contribution is 2.07. The van der Waals surface area contributed by atoms with E-state index in [1.807, 2.05) is 6.08 Å². The molecule has 0 unspecified atom stereocenters. The van der Waals surface area contributed by atoms with Crippen molar-refractivity contribution in [2.45, 2.75) is 6.61 Å². The Kier molecular flexibility index (Phi) is 4.89. The van der Waals surface area contributed by atoms with E-state index in [0.717, 1.165) is 0 Å². The molecule has 0 spiro atoms. The van der Waals surface area contributed by atoms with Crippen molar-refractivity contribution in [3.63, 3.8) is 0 Å². The van der Waals surface area contributed by atoms with Crippen molar-refractivity contribution in [3.8, 4) is 0 Å². The largest absolute Gasteiger partial charge is 0.373 e. The number of hydrogen-bond donors (Lipinski definition) is 1. The zero-order chi connectivity index (χ0) is 10.2. The fourth-order valence-corrected chi connectivity index (χ4v) is 1.02. The van der Waals surface area contributed by atoms with Crippen LogP contribution in [0.4, 0.5) is 4.39 Å². The maximum atomic E-state index is 13.0. The normalized spacial score (nSPS) is 11.0. The van der Waals surface area contributed by atoms with E-state index in [1.54, 1.807) is 24.3 Å². The van der Waals surface area contributed by atoms with Crippen LogP contribution in [0, 0.1) is 5.82 Å². The molecule has 0 bridgehead atoms. The van der Waals surface area contributed by atoms with Gasteiger partial charge in [-0.05, 0) is 6.07 Å². The zero-order valence-corrected chi connectivity index (χ0v) is 7.95. The second-order valence-electron chi connectivity index (χ2n) is 2.81. The average molecular weight is 195 g/mol. The van der Waals surface area contributed by atoms with E-state index < -0.39 is 0 Å². The fourth-order valence-electron chi connectivity index (χ4n) is 1.02. The molecular weight excluding hydrogens is 181 g/mol. The van der Waals surface area contributed by atoms with Crippen LogP contribution in [0.5, 0.6) is 0 Å². The summed E-state index contributed by atoms with van der Waals surface area (Å²) in [6.45, 7) is 1.26. The van der Waals surface area contributed by atoms with Gasteiger partial charge in [0.2, 0.25) is 0 Å². The van der Waals surface area contributed by atoms with E-state index in [1.165, 1.54) is 6.07 Å². The molecule has 0 aliphatic heterocycles. The Morgan fingerprint density at radius 2 is 2.07 bits per heavy atom. The summed E-state index contributed by atoms with van der Waals surface area (Å²) >= 11 is 0. The van der Waals surface area contributed by atoms with E-state index >= 15 is 0 Å². The van der Waals surface area contributed by atoms with Gasteiger partial charge in [0.15, 0.2) is 0 Å². The molecule has 0 fully saturated rings. The standard InChI is InChI=1S/C11H14FNO/c12-11-6-2-1-5-10(11)9-14-8-4-3-7-13/h1-6H,7-9,13H2. The molecule has 2 nitrogen and oxygen atoms in total. The van der Waals surface area contributed by atoms with Gasteiger partial charge in [0.1, 0.15) is 5.82 Å². The summed E-state index contributed by atoms with van der Waals surface area (Å²) in [4.78, 5) is 0. The third-order valence-corrected chi connectivity index (χ3v) is 1.73. The lowest BCUT2D eigenvalue weighted by atomic mass is 10.2. The fraction of sp³-hybridized carbons (Fsp3) is 0.273. The molecule has 0 saturated heterocycles. The highest BCUT2D eigenvalue weighted by atomic mass is 19.1. The van der Waals surface area contributed by atoms with Crippen molar-refractivity contribution < 1.29 is 9.13 Å². The molecule has 0 aliphatic carbocycles. The minimum Gasteiger partial charge on any atom is -0.373 e. The van der Waals surface area contributed by atoms with E-state index in [-0.39, 0.29) is 5.82 Å². The zero-order valence-electron chi connectivity index (χ0n) is 7.95. The predicted molar refractivity (Wildman–Crippen MR) is 54.3 cm³/mol. The maximum Gasteiger partial charge on any atom is 0.128 e. The number of ether oxygens (including phenoxy) is 1. The Labute approximate surface area is 83.2 Å². The molecule has 14 heavy (non-hydrogen) atoms. The second kappa shape index (κ2) is 6.29. The van der Waals surface area contributed by atoms with Gasteiger partial charge < -0.3 is 10.5 Å². The minimum atomic E-state index is -0.227. The first-order valence-corrected chi connectivity index (χ1v) is 4.51. The van der Waals surface area contributed by atoms with Crippen molar-refractivity contribution in [1.29, 1.82) is 0 Å². The summed E-state index contributed by atoms with van der Waals surface area (Å²) in [5, 5.41) is 0. The van der Waals surface area contributed by atoms with Crippen molar-refractivity contribution in [1.82, 2.24) is 0 Å². The predicted octanol–water partition coefficient (Wildman–Crippen LogP) is 1.86. The van der Waals surface area contributed by atoms with Crippen LogP contribution in [-0.4, -0.2) is 13.2 Å². The molecule has 0 atom stereocenters. The van der Waals surface area contributed by atoms with Crippen LogP contribution in [0.3, 0.4) is 0 Å². The molecule has 76 valence electrons. The van der Waals surface area contributed by atoms with Crippen LogP contribution in [0.15, 0.2) is 36.4 Å². The van der Waals surface area contributed by atoms with Crippen LogP contribution < -0.4 is 5.73 Å². The van der Waals surface area contributed by atoms with Gasteiger partial charge in [0.05, 0.1) is 13.2 Å². The van der Waals surface area contributed by atoms with Crippen LogP contribution in [-0.2, 0) is 11.3 Å². The number of nitrogens with two attached hydrogens (primary N) is 1. The van der Waals surface area contributed by atoms with E-state index in [4.69, 9.17) is 10.5 Å². The van der Waals surface area contributed by atoms with Crippen LogP contribution >= 0.6 is 0 Å². The molecule has 1 rings (SSSR count). The summed E-state index contributed by atoms with van der Waals surface area (Å²) < 4.78 is 18.3. The SMILES string of the molecule is NCC=CCOCc1ccccc1F. The quantitative estimate of drug-likeness (QED) is 0.575. The van der Waals surface area contributed by atoms with Gasteiger partial charge in [-0.15, -0.1) is 0 Å². The maximum absolute atomic E-state index is 13.0. The summed E-state index contributed by atoms with van der Waals surface area (Å²) in [5.41, 5.74) is 5.82. The smallest absolute Gasteiger partial charge is 0.128 e. The Bertz CT molecular complexity index is 299. The molecule has 3 heteroatoms. The molecule has 1 aromatic carbocycles. The number of halogens is 1. The van der Waals surface area contributed by atoms with Crippen LogP contribution in [0.25, 0.3) is 0 Å². The molecule has 1 aromatic rings. The number of rotatable bonds is 5. The van der Waals surface area contributed by atoms with Gasteiger partial charge in [-0.2, -0.15) is 0 Å². The van der Waals surface area contributed by atoms with Gasteiger partial charge in [-0.25, -0.2) is 4.39 Å². The highest BCUT2D eigenvalue weighted by molar-refractivity contribution is 5.16. The Morgan fingerprint density at radius 1 is 1.29 bits per heavy atom. The van der Waals surface area contributed by atoms with Crippen molar-refractivity contribution in [3.05, 3.63) is 47.8 Å². The molecular formula is C11H14FNO. The molecule has 0 radical (unpaired) electrons. The summed E-state index contributed by atoms with van der Waals surface area (Å²) in [5.74, 6) is -0.227. The second-order valence-corrected chi connectivity index (χ2v) is 2.81. The summed E-state index contributed by atoms with van der Waals surface area (Å²) in [6.07, 6.45) is 3.63. The first kappa shape index (κ1) is 10.9. The van der Waals surface area contributed by atoms with E-state index in [0.29, 0.717) is 25.3 Å². The Hall–Kier alpha value is -1.19.